The van der Waals surface area contributed by atoms with E-state index in [1.165, 1.54) is 51.4 Å². The molecule has 106 valence electrons. The lowest BCUT2D eigenvalue weighted by molar-refractivity contribution is -0.132. The molecule has 1 amide bonds. The summed E-state index contributed by atoms with van der Waals surface area (Å²) in [6, 6.07) is 0. The van der Waals surface area contributed by atoms with E-state index in [0.29, 0.717) is 12.5 Å². The first-order valence-electron chi connectivity index (χ1n) is 8.03. The molecule has 3 heteroatoms. The first kappa shape index (κ1) is 13.2. The number of hydrogen-bond donors (Lipinski definition) is 0. The van der Waals surface area contributed by atoms with Crippen LogP contribution in [0.3, 0.4) is 0 Å². The number of amides is 1. The third-order valence-electron chi connectivity index (χ3n) is 4.78. The third kappa shape index (κ3) is 3.59. The second kappa shape index (κ2) is 6.08. The van der Waals surface area contributed by atoms with Gasteiger partial charge in [0.25, 0.3) is 0 Å². The van der Waals surface area contributed by atoms with Gasteiger partial charge in [-0.3, -0.25) is 9.69 Å². The summed E-state index contributed by atoms with van der Waals surface area (Å²) >= 11 is 0. The molecule has 19 heavy (non-hydrogen) atoms. The number of nitrogens with zero attached hydrogens (tertiary/aromatic N) is 2. The van der Waals surface area contributed by atoms with Crippen LogP contribution >= 0.6 is 0 Å². The molecule has 0 atom stereocenters. The molecule has 2 saturated heterocycles. The van der Waals surface area contributed by atoms with Crippen molar-refractivity contribution in [2.75, 3.05) is 32.7 Å². The smallest absolute Gasteiger partial charge is 0.236 e. The van der Waals surface area contributed by atoms with Gasteiger partial charge in [-0.25, -0.2) is 0 Å². The second-order valence-electron chi connectivity index (χ2n) is 6.28. The highest BCUT2D eigenvalue weighted by Crippen LogP contribution is 2.35. The van der Waals surface area contributed by atoms with Crippen LogP contribution in [0.5, 0.6) is 0 Å². The summed E-state index contributed by atoms with van der Waals surface area (Å²) in [5.41, 5.74) is 3.43. The Morgan fingerprint density at radius 1 is 0.789 bits per heavy atom. The number of rotatable bonds is 2. The van der Waals surface area contributed by atoms with Crippen molar-refractivity contribution in [3.63, 3.8) is 0 Å². The van der Waals surface area contributed by atoms with Crippen LogP contribution in [0.4, 0.5) is 0 Å². The minimum atomic E-state index is 0.365. The summed E-state index contributed by atoms with van der Waals surface area (Å²) in [7, 11) is 0. The van der Waals surface area contributed by atoms with Crippen molar-refractivity contribution in [3.05, 3.63) is 11.1 Å². The Morgan fingerprint density at radius 2 is 1.37 bits per heavy atom. The summed E-state index contributed by atoms with van der Waals surface area (Å²) in [6.07, 6.45) is 10.1. The van der Waals surface area contributed by atoms with Crippen LogP contribution in [0.15, 0.2) is 11.1 Å². The topological polar surface area (TPSA) is 23.6 Å². The van der Waals surface area contributed by atoms with Crippen molar-refractivity contribution in [1.29, 1.82) is 0 Å². The van der Waals surface area contributed by atoms with E-state index in [4.69, 9.17) is 0 Å². The molecule has 0 aromatic rings. The van der Waals surface area contributed by atoms with Crippen molar-refractivity contribution in [3.8, 4) is 0 Å². The normalized spacial score (nSPS) is 25.4. The van der Waals surface area contributed by atoms with Crippen LogP contribution < -0.4 is 0 Å². The van der Waals surface area contributed by atoms with Gasteiger partial charge in [-0.1, -0.05) is 24.0 Å². The molecule has 1 aliphatic carbocycles. The van der Waals surface area contributed by atoms with Crippen LogP contribution in [0.2, 0.25) is 0 Å². The molecule has 0 N–H and O–H groups in total. The fourth-order valence-electron chi connectivity index (χ4n) is 3.36. The minimum Gasteiger partial charge on any atom is -0.342 e. The molecule has 2 aliphatic heterocycles. The van der Waals surface area contributed by atoms with E-state index >= 15 is 0 Å². The maximum atomic E-state index is 12.3. The Morgan fingerprint density at radius 3 is 1.95 bits per heavy atom. The zero-order valence-corrected chi connectivity index (χ0v) is 12.0. The molecule has 0 spiro atoms. The molecule has 3 rings (SSSR count). The molecule has 0 aromatic carbocycles. The third-order valence-corrected chi connectivity index (χ3v) is 4.78. The van der Waals surface area contributed by atoms with Gasteiger partial charge in [0, 0.05) is 26.2 Å². The van der Waals surface area contributed by atoms with Crippen LogP contribution in [-0.2, 0) is 4.79 Å². The van der Waals surface area contributed by atoms with Gasteiger partial charge in [0.2, 0.25) is 5.91 Å². The predicted molar refractivity (Wildman–Crippen MR) is 77.0 cm³/mol. The molecule has 0 bridgehead atoms. The highest BCUT2D eigenvalue weighted by atomic mass is 16.2. The van der Waals surface area contributed by atoms with Crippen LogP contribution in [0.25, 0.3) is 0 Å². The summed E-state index contributed by atoms with van der Waals surface area (Å²) < 4.78 is 0. The Hall–Kier alpha value is -0.830. The van der Waals surface area contributed by atoms with Gasteiger partial charge in [0.05, 0.1) is 6.54 Å². The first-order chi connectivity index (χ1) is 9.33. The van der Waals surface area contributed by atoms with Gasteiger partial charge in [0.1, 0.15) is 0 Å². The van der Waals surface area contributed by atoms with Gasteiger partial charge < -0.3 is 4.90 Å². The zero-order valence-electron chi connectivity index (χ0n) is 12.0. The first-order valence-corrected chi connectivity index (χ1v) is 8.03. The van der Waals surface area contributed by atoms with Crippen molar-refractivity contribution in [1.82, 2.24) is 9.80 Å². The number of piperidine rings is 1. The summed E-state index contributed by atoms with van der Waals surface area (Å²) in [5, 5.41) is 0. The highest BCUT2D eigenvalue weighted by Gasteiger charge is 2.24. The number of carbonyl (C=O) groups excluding carboxylic acids is 1. The zero-order chi connectivity index (χ0) is 13.1. The molecular weight excluding hydrogens is 236 g/mol. The standard InChI is InChI=1S/C16H26N2O/c19-16(18-9-3-1-2-4-10-18)13-17-11-7-15(8-12-17)14-5-6-14/h1-13H2. The molecule has 3 fully saturated rings. The van der Waals surface area contributed by atoms with Gasteiger partial charge >= 0.3 is 0 Å². The number of hydrogen-bond acceptors (Lipinski definition) is 2. The molecular formula is C16H26N2O. The van der Waals surface area contributed by atoms with Gasteiger partial charge in [0.15, 0.2) is 0 Å². The average molecular weight is 262 g/mol. The van der Waals surface area contributed by atoms with E-state index in [2.05, 4.69) is 9.80 Å². The van der Waals surface area contributed by atoms with E-state index in [-0.39, 0.29) is 0 Å². The van der Waals surface area contributed by atoms with Crippen molar-refractivity contribution >= 4 is 5.91 Å². The van der Waals surface area contributed by atoms with E-state index in [1.54, 1.807) is 11.1 Å². The van der Waals surface area contributed by atoms with Crippen molar-refractivity contribution in [2.45, 2.75) is 51.4 Å². The van der Waals surface area contributed by atoms with Gasteiger partial charge in [-0.05, 0) is 38.5 Å². The fraction of sp³-hybridized carbons (Fsp3) is 0.812. The minimum absolute atomic E-state index is 0.365. The lowest BCUT2D eigenvalue weighted by atomic mass is 10.0. The Kier molecular flexibility index (Phi) is 4.21. The molecule has 3 aliphatic rings. The van der Waals surface area contributed by atoms with Crippen molar-refractivity contribution in [2.24, 2.45) is 0 Å². The Bertz CT molecular complexity index is 351. The number of allylic oxidation sites excluding steroid dienone is 1. The molecule has 0 aromatic heterocycles. The quantitative estimate of drug-likeness (QED) is 0.714. The summed E-state index contributed by atoms with van der Waals surface area (Å²) in [5.74, 6) is 0.365. The van der Waals surface area contributed by atoms with Gasteiger partial charge in [-0.2, -0.15) is 0 Å². The van der Waals surface area contributed by atoms with E-state index in [1.807, 2.05) is 0 Å². The van der Waals surface area contributed by atoms with Crippen LogP contribution in [-0.4, -0.2) is 48.4 Å². The van der Waals surface area contributed by atoms with Gasteiger partial charge in [-0.15, -0.1) is 0 Å². The van der Waals surface area contributed by atoms with Crippen LogP contribution in [0, 0.1) is 0 Å². The number of carbonyl (C=O) groups is 1. The maximum Gasteiger partial charge on any atom is 0.236 e. The molecule has 1 saturated carbocycles. The summed E-state index contributed by atoms with van der Waals surface area (Å²) in [6.45, 7) is 4.82. The fourth-order valence-corrected chi connectivity index (χ4v) is 3.36. The maximum absolute atomic E-state index is 12.3. The largest absolute Gasteiger partial charge is 0.342 e. The van der Waals surface area contributed by atoms with E-state index < -0.39 is 0 Å². The lowest BCUT2D eigenvalue weighted by Gasteiger charge is -2.30. The highest BCUT2D eigenvalue weighted by molar-refractivity contribution is 5.78. The Balaban J connectivity index is 1.45. The predicted octanol–water partition coefficient (Wildman–Crippen LogP) is 2.58. The SMILES string of the molecule is O=C(CN1CCC(=C2CC2)CC1)N1CCCCCC1. The van der Waals surface area contributed by atoms with Crippen LogP contribution in [0.1, 0.15) is 51.4 Å². The molecule has 2 heterocycles. The second-order valence-corrected chi connectivity index (χ2v) is 6.28. The monoisotopic (exact) mass is 262 g/mol. The Labute approximate surface area is 116 Å². The van der Waals surface area contributed by atoms with E-state index in [0.717, 1.165) is 26.2 Å². The molecule has 0 radical (unpaired) electrons. The summed E-state index contributed by atoms with van der Waals surface area (Å²) in [4.78, 5) is 16.8. The lowest BCUT2D eigenvalue weighted by Crippen LogP contribution is -2.42. The number of likely N-dealkylation sites (tertiary alicyclic amines) is 2. The molecule has 3 nitrogen and oxygen atoms in total. The van der Waals surface area contributed by atoms with E-state index in [9.17, 15) is 4.79 Å². The van der Waals surface area contributed by atoms with Crippen molar-refractivity contribution < 1.29 is 4.79 Å². The molecule has 0 unspecified atom stereocenters. The average Bonchev–Trinajstić information content (AvgIpc) is 3.26.